The second-order valence-electron chi connectivity index (χ2n) is 10.5. The van der Waals surface area contributed by atoms with Crippen molar-refractivity contribution >= 4 is 23.6 Å². The molecule has 0 radical (unpaired) electrons. The van der Waals surface area contributed by atoms with Gasteiger partial charge in [-0.2, -0.15) is 0 Å². The van der Waals surface area contributed by atoms with Crippen LogP contribution in [0.3, 0.4) is 0 Å². The molecule has 10 nitrogen and oxygen atoms in total. The lowest BCUT2D eigenvalue weighted by atomic mass is 10.00. The molecule has 0 aromatic heterocycles. The smallest absolute Gasteiger partial charge is 0.414 e. The first-order valence-corrected chi connectivity index (χ1v) is 14.1. The molecule has 2 aromatic carbocycles. The highest BCUT2D eigenvalue weighted by atomic mass is 16.6. The fourth-order valence-electron chi connectivity index (χ4n) is 5.77. The first-order chi connectivity index (χ1) is 19.5. The standard InChI is InChI=1S/C30H38N4O6/c1-38-27-19-24(40-23-12-17-32(18-13-23)28(35)7-4-14-31)8-9-25(27)29(36)33-15-10-22(11-16-33)34-26-6-3-2-5-21(26)20-39-30(34)37/h2-3,5-6,8-9,19,22-23H,4,7,10-18,20,31H2,1H3. The summed E-state index contributed by atoms with van der Waals surface area (Å²) in [4.78, 5) is 43.8. The number of anilines is 1. The van der Waals surface area contributed by atoms with Crippen LogP contribution in [0.15, 0.2) is 42.5 Å². The Balaban J connectivity index is 1.17. The Morgan fingerprint density at radius 3 is 2.45 bits per heavy atom. The molecule has 0 atom stereocenters. The molecule has 2 fully saturated rings. The summed E-state index contributed by atoms with van der Waals surface area (Å²) in [5.74, 6) is 1.15. The lowest BCUT2D eigenvalue weighted by molar-refractivity contribution is -0.133. The molecule has 2 saturated heterocycles. The van der Waals surface area contributed by atoms with Crippen molar-refractivity contribution < 1.29 is 28.6 Å². The minimum atomic E-state index is -0.329. The highest BCUT2D eigenvalue weighted by Gasteiger charge is 2.35. The summed E-state index contributed by atoms with van der Waals surface area (Å²) in [6.45, 7) is 3.19. The molecule has 0 saturated carbocycles. The van der Waals surface area contributed by atoms with Gasteiger partial charge in [-0.05, 0) is 44.0 Å². The Kier molecular flexibility index (Phi) is 8.74. The van der Waals surface area contributed by atoms with Crippen molar-refractivity contribution in [3.8, 4) is 11.5 Å². The number of para-hydroxylation sites is 1. The molecule has 40 heavy (non-hydrogen) atoms. The molecule has 0 bridgehead atoms. The molecule has 0 aliphatic carbocycles. The van der Waals surface area contributed by atoms with E-state index in [1.54, 1.807) is 24.1 Å². The average molecular weight is 551 g/mol. The number of nitrogens with two attached hydrogens (primary N) is 1. The zero-order chi connectivity index (χ0) is 28.1. The highest BCUT2D eigenvalue weighted by molar-refractivity contribution is 5.97. The van der Waals surface area contributed by atoms with Crippen molar-refractivity contribution in [1.82, 2.24) is 9.80 Å². The molecule has 10 heteroatoms. The fraction of sp³-hybridized carbons (Fsp3) is 0.500. The van der Waals surface area contributed by atoms with Gasteiger partial charge in [0.15, 0.2) is 0 Å². The number of benzene rings is 2. The zero-order valence-electron chi connectivity index (χ0n) is 23.0. The number of carbonyl (C=O) groups excluding carboxylic acids is 3. The van der Waals surface area contributed by atoms with Crippen LogP contribution in [-0.4, -0.2) is 79.7 Å². The summed E-state index contributed by atoms with van der Waals surface area (Å²) in [5, 5.41) is 0. The van der Waals surface area contributed by atoms with Crippen molar-refractivity contribution in [2.45, 2.75) is 57.3 Å². The third-order valence-electron chi connectivity index (χ3n) is 8.01. The van der Waals surface area contributed by atoms with Gasteiger partial charge in [-0.1, -0.05) is 18.2 Å². The van der Waals surface area contributed by atoms with E-state index >= 15 is 0 Å². The van der Waals surface area contributed by atoms with Gasteiger partial charge >= 0.3 is 6.09 Å². The second kappa shape index (κ2) is 12.6. The molecule has 0 unspecified atom stereocenters. The number of ether oxygens (including phenoxy) is 3. The van der Waals surface area contributed by atoms with Crippen molar-refractivity contribution in [2.24, 2.45) is 5.73 Å². The average Bonchev–Trinajstić information content (AvgIpc) is 3.00. The van der Waals surface area contributed by atoms with Crippen LogP contribution in [0.5, 0.6) is 11.5 Å². The Morgan fingerprint density at radius 2 is 1.73 bits per heavy atom. The number of carbonyl (C=O) groups is 3. The number of fused-ring (bicyclic) bond motifs is 1. The van der Waals surface area contributed by atoms with E-state index in [9.17, 15) is 14.4 Å². The summed E-state index contributed by atoms with van der Waals surface area (Å²) in [7, 11) is 1.55. The third kappa shape index (κ3) is 6.01. The number of methoxy groups -OCH3 is 1. The number of rotatable bonds is 8. The number of hydrogen-bond donors (Lipinski definition) is 1. The van der Waals surface area contributed by atoms with E-state index in [-0.39, 0.29) is 36.7 Å². The first kappa shape index (κ1) is 27.8. The van der Waals surface area contributed by atoms with Gasteiger partial charge in [0.25, 0.3) is 5.91 Å². The lowest BCUT2D eigenvalue weighted by Gasteiger charge is -2.40. The summed E-state index contributed by atoms with van der Waals surface area (Å²) in [6.07, 6.45) is 3.69. The predicted molar refractivity (Wildman–Crippen MR) is 150 cm³/mol. The summed E-state index contributed by atoms with van der Waals surface area (Å²) >= 11 is 0. The number of nitrogens with zero attached hydrogens (tertiary/aromatic N) is 3. The normalized spacial score (nSPS) is 18.2. The molecule has 3 aliphatic heterocycles. The molecule has 5 rings (SSSR count). The number of piperidine rings is 2. The molecule has 2 N–H and O–H groups in total. The Labute approximate surface area is 234 Å². The van der Waals surface area contributed by atoms with Crippen molar-refractivity contribution in [3.63, 3.8) is 0 Å². The quantitative estimate of drug-likeness (QED) is 0.534. The molecule has 3 heterocycles. The highest BCUT2D eigenvalue weighted by Crippen LogP contribution is 2.33. The number of cyclic esters (lactones) is 1. The fourth-order valence-corrected chi connectivity index (χ4v) is 5.77. The van der Waals surface area contributed by atoms with Gasteiger partial charge in [0.05, 0.1) is 18.4 Å². The molecule has 3 aliphatic rings. The number of amides is 3. The molecule has 0 spiro atoms. The molecular formula is C30H38N4O6. The maximum Gasteiger partial charge on any atom is 0.414 e. The minimum absolute atomic E-state index is 0.00421. The van der Waals surface area contributed by atoms with Gasteiger partial charge < -0.3 is 29.7 Å². The summed E-state index contributed by atoms with van der Waals surface area (Å²) < 4.78 is 17.2. The SMILES string of the molecule is COc1cc(OC2CCN(C(=O)CCCN)CC2)ccc1C(=O)N1CCC(N2C(=O)OCc3ccccc32)CC1. The second-order valence-corrected chi connectivity index (χ2v) is 10.5. The van der Waals surface area contributed by atoms with Crippen LogP contribution in [0, 0.1) is 0 Å². The summed E-state index contributed by atoms with van der Waals surface area (Å²) in [6, 6.07) is 13.1. The van der Waals surface area contributed by atoms with Crippen molar-refractivity contribution in [1.29, 1.82) is 0 Å². The predicted octanol–water partition coefficient (Wildman–Crippen LogP) is 3.57. The monoisotopic (exact) mass is 550 g/mol. The lowest BCUT2D eigenvalue weighted by Crippen LogP contribution is -2.50. The number of likely N-dealkylation sites (tertiary alicyclic amines) is 2. The maximum absolute atomic E-state index is 13.5. The third-order valence-corrected chi connectivity index (χ3v) is 8.01. The number of hydrogen-bond acceptors (Lipinski definition) is 7. The summed E-state index contributed by atoms with van der Waals surface area (Å²) in [5.41, 5.74) is 7.89. The van der Waals surface area contributed by atoms with Crippen LogP contribution in [-0.2, 0) is 16.1 Å². The zero-order valence-corrected chi connectivity index (χ0v) is 23.0. The topological polar surface area (TPSA) is 115 Å². The maximum atomic E-state index is 13.5. The first-order valence-electron chi connectivity index (χ1n) is 14.1. The van der Waals surface area contributed by atoms with Crippen LogP contribution in [0.2, 0.25) is 0 Å². The van der Waals surface area contributed by atoms with Gasteiger partial charge in [0, 0.05) is 63.1 Å². The van der Waals surface area contributed by atoms with Gasteiger partial charge in [-0.15, -0.1) is 0 Å². The molecule has 3 amide bonds. The van der Waals surface area contributed by atoms with Gasteiger partial charge in [-0.3, -0.25) is 14.5 Å². The van der Waals surface area contributed by atoms with E-state index in [1.807, 2.05) is 40.1 Å². The van der Waals surface area contributed by atoms with Crippen LogP contribution >= 0.6 is 0 Å². The van der Waals surface area contributed by atoms with E-state index in [0.29, 0.717) is 75.5 Å². The Hall–Kier alpha value is -3.79. The Bertz CT molecular complexity index is 1220. The van der Waals surface area contributed by atoms with E-state index in [1.165, 1.54) is 0 Å². The largest absolute Gasteiger partial charge is 0.496 e. The van der Waals surface area contributed by atoms with Crippen molar-refractivity contribution in [2.75, 3.05) is 44.7 Å². The Morgan fingerprint density at radius 1 is 1.00 bits per heavy atom. The minimum Gasteiger partial charge on any atom is -0.496 e. The van der Waals surface area contributed by atoms with Crippen LogP contribution in [0.1, 0.15) is 54.4 Å². The molecular weight excluding hydrogens is 512 g/mol. The van der Waals surface area contributed by atoms with E-state index < -0.39 is 0 Å². The van der Waals surface area contributed by atoms with E-state index in [4.69, 9.17) is 19.9 Å². The molecule has 214 valence electrons. The van der Waals surface area contributed by atoms with E-state index in [0.717, 1.165) is 24.1 Å². The van der Waals surface area contributed by atoms with E-state index in [2.05, 4.69) is 0 Å². The van der Waals surface area contributed by atoms with Crippen LogP contribution < -0.4 is 20.1 Å². The molecule has 2 aromatic rings. The van der Waals surface area contributed by atoms with Gasteiger partial charge in [0.2, 0.25) is 5.91 Å². The van der Waals surface area contributed by atoms with Gasteiger partial charge in [-0.25, -0.2) is 4.79 Å². The van der Waals surface area contributed by atoms with Gasteiger partial charge in [0.1, 0.15) is 24.2 Å². The van der Waals surface area contributed by atoms with Crippen molar-refractivity contribution in [3.05, 3.63) is 53.6 Å². The van der Waals surface area contributed by atoms with Crippen LogP contribution in [0.25, 0.3) is 0 Å². The van der Waals surface area contributed by atoms with Crippen LogP contribution in [0.4, 0.5) is 10.5 Å².